The minimum Gasteiger partial charge on any atom is -0.497 e. The summed E-state index contributed by atoms with van der Waals surface area (Å²) in [6.07, 6.45) is 1.30. The summed E-state index contributed by atoms with van der Waals surface area (Å²) in [4.78, 5) is 0. The van der Waals surface area contributed by atoms with E-state index in [0.717, 1.165) is 18.6 Å². The molecule has 0 amide bonds. The fraction of sp³-hybridized carbons (Fsp3) is 0.647. The van der Waals surface area contributed by atoms with Crippen LogP contribution in [-0.2, 0) is 4.74 Å². The van der Waals surface area contributed by atoms with Gasteiger partial charge in [0.05, 0.1) is 13.2 Å². The molecular weight excluding hydrogens is 255 g/mol. The average molecular weight is 280 g/mol. The van der Waals surface area contributed by atoms with Gasteiger partial charge in [0.2, 0.25) is 0 Å². The van der Waals surface area contributed by atoms with Crippen LogP contribution < -0.4 is 4.74 Å². The van der Waals surface area contributed by atoms with Crippen LogP contribution in [0.25, 0.3) is 0 Å². The Hall–Kier alpha value is -1.09. The number of hydrogen-bond donors (Lipinski definition) is 0. The lowest BCUT2D eigenvalue weighted by Crippen LogP contribution is -2.33. The molecule has 1 aliphatic rings. The predicted octanol–water partition coefficient (Wildman–Crippen LogP) is 4.34. The van der Waals surface area contributed by atoms with Gasteiger partial charge in [0.25, 0.3) is 0 Å². The highest BCUT2D eigenvalue weighted by Gasteiger charge is 2.31. The Labute approximate surface area is 121 Å². The summed E-state index contributed by atoms with van der Waals surface area (Å²) in [7, 11) is 1.66. The summed E-state index contributed by atoms with van der Waals surface area (Å²) in [6.45, 7) is 4.84. The van der Waals surface area contributed by atoms with Gasteiger partial charge in [-0.2, -0.15) is 0 Å². The molecule has 20 heavy (non-hydrogen) atoms. The van der Waals surface area contributed by atoms with Crippen LogP contribution in [0.15, 0.2) is 24.3 Å². The van der Waals surface area contributed by atoms with E-state index in [9.17, 15) is 4.39 Å². The van der Waals surface area contributed by atoms with Crippen LogP contribution in [0, 0.1) is 5.92 Å². The highest BCUT2D eigenvalue weighted by molar-refractivity contribution is 5.29. The maximum Gasteiger partial charge on any atom is 0.127 e. The Morgan fingerprint density at radius 3 is 2.45 bits per heavy atom. The van der Waals surface area contributed by atoms with Crippen molar-refractivity contribution in [3.63, 3.8) is 0 Å². The highest BCUT2D eigenvalue weighted by atomic mass is 19.1. The Morgan fingerprint density at radius 1 is 1.20 bits per heavy atom. The molecule has 112 valence electrons. The summed E-state index contributed by atoms with van der Waals surface area (Å²) < 4.78 is 25.1. The molecule has 0 aliphatic heterocycles. The van der Waals surface area contributed by atoms with Crippen LogP contribution in [0.1, 0.15) is 44.6 Å². The van der Waals surface area contributed by atoms with Gasteiger partial charge in [-0.25, -0.2) is 4.39 Å². The number of rotatable bonds is 5. The summed E-state index contributed by atoms with van der Waals surface area (Å²) in [5.41, 5.74) is 1.20. The van der Waals surface area contributed by atoms with E-state index in [1.807, 2.05) is 24.3 Å². The van der Waals surface area contributed by atoms with Crippen LogP contribution in [-0.4, -0.2) is 26.0 Å². The molecule has 0 N–H and O–H groups in total. The second kappa shape index (κ2) is 7.07. The molecule has 1 aromatic rings. The highest BCUT2D eigenvalue weighted by Crippen LogP contribution is 2.36. The molecule has 0 spiro atoms. The first kappa shape index (κ1) is 15.3. The summed E-state index contributed by atoms with van der Waals surface area (Å²) >= 11 is 0. The first-order chi connectivity index (χ1) is 9.60. The number of halogens is 1. The third-order valence-corrected chi connectivity index (χ3v) is 3.94. The number of alkyl halides is 1. The van der Waals surface area contributed by atoms with Gasteiger partial charge in [-0.15, -0.1) is 0 Å². The zero-order valence-corrected chi connectivity index (χ0v) is 12.6. The van der Waals surface area contributed by atoms with E-state index in [1.165, 1.54) is 5.56 Å². The van der Waals surface area contributed by atoms with Crippen LogP contribution in [0.5, 0.6) is 5.75 Å². The minimum absolute atomic E-state index is 0.216. The minimum atomic E-state index is -0.852. The first-order valence-corrected chi connectivity index (χ1v) is 7.49. The molecule has 2 nitrogen and oxygen atoms in total. The van der Waals surface area contributed by atoms with Gasteiger partial charge in [-0.1, -0.05) is 26.0 Å². The second-order valence-corrected chi connectivity index (χ2v) is 6.06. The first-order valence-electron chi connectivity index (χ1n) is 7.49. The van der Waals surface area contributed by atoms with Crippen molar-refractivity contribution in [3.8, 4) is 5.75 Å². The smallest absolute Gasteiger partial charge is 0.127 e. The maximum absolute atomic E-state index is 14.2. The normalized spacial score (nSPS) is 26.8. The maximum atomic E-state index is 14.2. The largest absolute Gasteiger partial charge is 0.497 e. The molecule has 3 atom stereocenters. The topological polar surface area (TPSA) is 18.5 Å². The monoisotopic (exact) mass is 280 g/mol. The Bertz CT molecular complexity index is 402. The van der Waals surface area contributed by atoms with Gasteiger partial charge in [-0.05, 0) is 48.8 Å². The Kier molecular flexibility index (Phi) is 5.41. The van der Waals surface area contributed by atoms with Gasteiger partial charge in [0.1, 0.15) is 11.9 Å². The van der Waals surface area contributed by atoms with Gasteiger partial charge in [-0.3, -0.25) is 0 Å². The predicted molar refractivity (Wildman–Crippen MR) is 79.1 cm³/mol. The number of methoxy groups -OCH3 is 1. The molecule has 3 heteroatoms. The van der Waals surface area contributed by atoms with Gasteiger partial charge in [0.15, 0.2) is 0 Å². The molecule has 0 saturated heterocycles. The van der Waals surface area contributed by atoms with Crippen molar-refractivity contribution in [2.45, 2.75) is 51.3 Å². The van der Waals surface area contributed by atoms with E-state index < -0.39 is 6.17 Å². The second-order valence-electron chi connectivity index (χ2n) is 6.06. The average Bonchev–Trinajstić information content (AvgIpc) is 2.46. The van der Waals surface area contributed by atoms with Crippen LogP contribution in [0.4, 0.5) is 4.39 Å². The summed E-state index contributed by atoms with van der Waals surface area (Å²) in [6, 6.07) is 7.99. The molecule has 2 rings (SSSR count). The molecule has 0 bridgehead atoms. The van der Waals surface area contributed by atoms with Crippen molar-refractivity contribution in [2.24, 2.45) is 5.92 Å². The lowest BCUT2D eigenvalue weighted by atomic mass is 9.81. The molecule has 1 saturated carbocycles. The van der Waals surface area contributed by atoms with Crippen molar-refractivity contribution in [3.05, 3.63) is 29.8 Å². The van der Waals surface area contributed by atoms with Crippen molar-refractivity contribution in [2.75, 3.05) is 13.7 Å². The van der Waals surface area contributed by atoms with Crippen molar-refractivity contribution in [1.82, 2.24) is 0 Å². The van der Waals surface area contributed by atoms with Crippen molar-refractivity contribution >= 4 is 0 Å². The summed E-state index contributed by atoms with van der Waals surface area (Å²) in [5, 5.41) is 0. The number of ether oxygens (including phenoxy) is 2. The van der Waals surface area contributed by atoms with E-state index in [2.05, 4.69) is 13.8 Å². The fourth-order valence-electron chi connectivity index (χ4n) is 2.77. The standard InChI is InChI=1S/C17H25FO2/c1-12(2)11-20-17-9-6-14(10-16(17)18)13-4-7-15(19-3)8-5-13/h4-5,7-8,12,14,16-17H,6,9-11H2,1-3H3. The van der Waals surface area contributed by atoms with E-state index in [1.54, 1.807) is 7.11 Å². The summed E-state index contributed by atoms with van der Waals surface area (Å²) in [5.74, 6) is 1.61. The fourth-order valence-corrected chi connectivity index (χ4v) is 2.77. The zero-order chi connectivity index (χ0) is 14.5. The van der Waals surface area contributed by atoms with E-state index in [-0.39, 0.29) is 6.10 Å². The van der Waals surface area contributed by atoms with Crippen molar-refractivity contribution < 1.29 is 13.9 Å². The lowest BCUT2D eigenvalue weighted by molar-refractivity contribution is -0.0384. The van der Waals surface area contributed by atoms with Gasteiger partial charge < -0.3 is 9.47 Å². The number of benzene rings is 1. The van der Waals surface area contributed by atoms with E-state index in [4.69, 9.17) is 9.47 Å². The molecule has 3 unspecified atom stereocenters. The molecule has 0 radical (unpaired) electrons. The third kappa shape index (κ3) is 3.95. The molecule has 1 fully saturated rings. The van der Waals surface area contributed by atoms with Crippen LogP contribution >= 0.6 is 0 Å². The molecular formula is C17H25FO2. The lowest BCUT2D eigenvalue weighted by Gasteiger charge is -2.32. The zero-order valence-electron chi connectivity index (χ0n) is 12.6. The van der Waals surface area contributed by atoms with Crippen molar-refractivity contribution in [1.29, 1.82) is 0 Å². The number of hydrogen-bond acceptors (Lipinski definition) is 2. The van der Waals surface area contributed by atoms with E-state index in [0.29, 0.717) is 24.9 Å². The molecule has 0 aromatic heterocycles. The Morgan fingerprint density at radius 2 is 1.90 bits per heavy atom. The van der Waals surface area contributed by atoms with Crippen LogP contribution in [0.2, 0.25) is 0 Å². The van der Waals surface area contributed by atoms with Gasteiger partial charge in [0, 0.05) is 6.61 Å². The Balaban J connectivity index is 1.90. The van der Waals surface area contributed by atoms with Crippen LogP contribution in [0.3, 0.4) is 0 Å². The molecule has 0 heterocycles. The quantitative estimate of drug-likeness (QED) is 0.798. The molecule has 1 aliphatic carbocycles. The SMILES string of the molecule is COc1ccc(C2CCC(OCC(C)C)C(F)C2)cc1. The third-order valence-electron chi connectivity index (χ3n) is 3.94. The van der Waals surface area contributed by atoms with E-state index >= 15 is 0 Å². The van der Waals surface area contributed by atoms with Gasteiger partial charge >= 0.3 is 0 Å². The molecule has 1 aromatic carbocycles.